The Morgan fingerprint density at radius 3 is 2.65 bits per heavy atom. The van der Waals surface area contributed by atoms with Gasteiger partial charge in [-0.15, -0.1) is 0 Å². The Balaban J connectivity index is 1.99. The number of esters is 1. The molecule has 0 aromatic heterocycles. The van der Waals surface area contributed by atoms with E-state index in [1.165, 1.54) is 0 Å². The molecule has 2 amide bonds. The fourth-order valence-corrected chi connectivity index (χ4v) is 3.97. The lowest BCUT2D eigenvalue weighted by Crippen LogP contribution is -2.55. The van der Waals surface area contributed by atoms with Crippen molar-refractivity contribution in [2.24, 2.45) is 5.92 Å². The van der Waals surface area contributed by atoms with Gasteiger partial charge in [-0.25, -0.2) is 0 Å². The van der Waals surface area contributed by atoms with Crippen LogP contribution in [-0.4, -0.2) is 61.6 Å². The molecule has 1 unspecified atom stereocenters. The van der Waals surface area contributed by atoms with Crippen molar-refractivity contribution in [2.75, 3.05) is 33.4 Å². The second-order valence-corrected chi connectivity index (χ2v) is 7.38. The molecule has 1 aliphatic heterocycles. The maximum atomic E-state index is 12.9. The number of carbonyl (C=O) groups excluding carboxylic acids is 3. The first-order valence-corrected chi connectivity index (χ1v) is 9.74. The molecule has 2 aliphatic rings. The van der Waals surface area contributed by atoms with Crippen molar-refractivity contribution in [3.63, 3.8) is 0 Å². The molecule has 0 aromatic carbocycles. The molecule has 7 heteroatoms. The molecule has 1 N–H and O–H groups in total. The van der Waals surface area contributed by atoms with Crippen LogP contribution in [0, 0.1) is 5.92 Å². The first-order valence-electron chi connectivity index (χ1n) is 9.74. The standard InChI is InChI=1S/C19H32N2O5/c1-3-26-17(23)13-19(9-5-4-6-10-19)20-18(24)15-7-8-16(22)21(14-15)11-12-25-2/h15H,3-14H2,1-2H3,(H,20,24). The SMILES string of the molecule is CCOC(=O)CC1(NC(=O)C2CCC(=O)N(CCOC)C2)CCCCC1. The van der Waals surface area contributed by atoms with Gasteiger partial charge in [0.1, 0.15) is 0 Å². The minimum Gasteiger partial charge on any atom is -0.466 e. The Hall–Kier alpha value is -1.63. The summed E-state index contributed by atoms with van der Waals surface area (Å²) in [5, 5.41) is 3.17. The second kappa shape index (κ2) is 9.90. The summed E-state index contributed by atoms with van der Waals surface area (Å²) >= 11 is 0. The molecule has 1 heterocycles. The first kappa shape index (κ1) is 20.7. The molecule has 0 bridgehead atoms. The number of ether oxygens (including phenoxy) is 2. The Kier molecular flexibility index (Phi) is 7.87. The molecule has 26 heavy (non-hydrogen) atoms. The molecule has 0 spiro atoms. The van der Waals surface area contributed by atoms with E-state index >= 15 is 0 Å². The fraction of sp³-hybridized carbons (Fsp3) is 0.842. The van der Waals surface area contributed by atoms with Crippen molar-refractivity contribution in [3.05, 3.63) is 0 Å². The predicted octanol–water partition coefficient (Wildman–Crippen LogP) is 1.64. The zero-order valence-corrected chi connectivity index (χ0v) is 16.1. The lowest BCUT2D eigenvalue weighted by Gasteiger charge is -2.40. The number of hydrogen-bond acceptors (Lipinski definition) is 5. The van der Waals surface area contributed by atoms with Gasteiger partial charge in [0.2, 0.25) is 11.8 Å². The quantitative estimate of drug-likeness (QED) is 0.659. The molecule has 0 aromatic rings. The number of methoxy groups -OCH3 is 1. The highest BCUT2D eigenvalue weighted by Crippen LogP contribution is 2.32. The monoisotopic (exact) mass is 368 g/mol. The van der Waals surface area contributed by atoms with Gasteiger partial charge in [0.25, 0.3) is 0 Å². The summed E-state index contributed by atoms with van der Waals surface area (Å²) in [6, 6.07) is 0. The lowest BCUT2D eigenvalue weighted by molar-refractivity contribution is -0.146. The topological polar surface area (TPSA) is 84.9 Å². The van der Waals surface area contributed by atoms with Crippen LogP contribution >= 0.6 is 0 Å². The summed E-state index contributed by atoms with van der Waals surface area (Å²) in [6.45, 7) is 3.53. The van der Waals surface area contributed by atoms with Crippen molar-refractivity contribution >= 4 is 17.8 Å². The summed E-state index contributed by atoms with van der Waals surface area (Å²) < 4.78 is 10.2. The van der Waals surface area contributed by atoms with E-state index < -0.39 is 5.54 Å². The van der Waals surface area contributed by atoms with Crippen LogP contribution in [0.15, 0.2) is 0 Å². The number of rotatable bonds is 8. The van der Waals surface area contributed by atoms with Crippen molar-refractivity contribution < 1.29 is 23.9 Å². The van der Waals surface area contributed by atoms with E-state index in [0.29, 0.717) is 39.1 Å². The zero-order chi connectivity index (χ0) is 19.0. The van der Waals surface area contributed by atoms with Crippen molar-refractivity contribution in [2.45, 2.75) is 63.8 Å². The fourth-order valence-electron chi connectivity index (χ4n) is 3.97. The smallest absolute Gasteiger partial charge is 0.308 e. The Morgan fingerprint density at radius 1 is 1.27 bits per heavy atom. The summed E-state index contributed by atoms with van der Waals surface area (Å²) in [5.74, 6) is -0.461. The summed E-state index contributed by atoms with van der Waals surface area (Å²) in [4.78, 5) is 38.7. The van der Waals surface area contributed by atoms with E-state index in [-0.39, 0.29) is 30.1 Å². The van der Waals surface area contributed by atoms with Gasteiger partial charge in [0.15, 0.2) is 0 Å². The van der Waals surface area contributed by atoms with Gasteiger partial charge in [-0.2, -0.15) is 0 Å². The maximum absolute atomic E-state index is 12.9. The van der Waals surface area contributed by atoms with Gasteiger partial charge >= 0.3 is 5.97 Å². The van der Waals surface area contributed by atoms with Gasteiger partial charge in [-0.1, -0.05) is 19.3 Å². The van der Waals surface area contributed by atoms with Crippen molar-refractivity contribution in [3.8, 4) is 0 Å². The minimum atomic E-state index is -0.500. The highest BCUT2D eigenvalue weighted by molar-refractivity contribution is 5.85. The summed E-state index contributed by atoms with van der Waals surface area (Å²) in [7, 11) is 1.60. The maximum Gasteiger partial charge on any atom is 0.308 e. The molecule has 2 rings (SSSR count). The van der Waals surface area contributed by atoms with Gasteiger partial charge in [-0.3, -0.25) is 14.4 Å². The Bertz CT molecular complexity index is 502. The van der Waals surface area contributed by atoms with E-state index in [1.807, 2.05) is 0 Å². The third-order valence-corrected chi connectivity index (χ3v) is 5.42. The van der Waals surface area contributed by atoms with Crippen LogP contribution in [0.25, 0.3) is 0 Å². The average Bonchev–Trinajstić information content (AvgIpc) is 2.61. The third-order valence-electron chi connectivity index (χ3n) is 5.42. The molecular weight excluding hydrogens is 336 g/mol. The molecular formula is C19H32N2O5. The van der Waals surface area contributed by atoms with Crippen LogP contribution in [-0.2, 0) is 23.9 Å². The molecule has 1 aliphatic carbocycles. The summed E-state index contributed by atoms with van der Waals surface area (Å²) in [5.41, 5.74) is -0.500. The molecule has 7 nitrogen and oxygen atoms in total. The van der Waals surface area contributed by atoms with E-state index in [9.17, 15) is 14.4 Å². The van der Waals surface area contributed by atoms with E-state index in [2.05, 4.69) is 5.32 Å². The number of carbonyl (C=O) groups is 3. The van der Waals surface area contributed by atoms with Crippen LogP contribution in [0.1, 0.15) is 58.3 Å². The van der Waals surface area contributed by atoms with Gasteiger partial charge < -0.3 is 19.7 Å². The van der Waals surface area contributed by atoms with Crippen LogP contribution in [0.2, 0.25) is 0 Å². The molecule has 1 atom stereocenters. The molecule has 2 fully saturated rings. The third kappa shape index (κ3) is 5.69. The normalized spacial score (nSPS) is 22.8. The van der Waals surface area contributed by atoms with E-state index in [0.717, 1.165) is 32.1 Å². The van der Waals surface area contributed by atoms with E-state index in [1.54, 1.807) is 18.9 Å². The number of amides is 2. The minimum absolute atomic E-state index is 0.0499. The molecule has 1 saturated heterocycles. The van der Waals surface area contributed by atoms with Crippen LogP contribution in [0.4, 0.5) is 0 Å². The van der Waals surface area contributed by atoms with E-state index in [4.69, 9.17) is 9.47 Å². The second-order valence-electron chi connectivity index (χ2n) is 7.38. The number of nitrogens with one attached hydrogen (secondary N) is 1. The Labute approximate surface area is 155 Å². The zero-order valence-electron chi connectivity index (χ0n) is 16.1. The van der Waals surface area contributed by atoms with Crippen LogP contribution in [0.3, 0.4) is 0 Å². The number of likely N-dealkylation sites (tertiary alicyclic amines) is 1. The molecule has 0 radical (unpaired) electrons. The van der Waals surface area contributed by atoms with Crippen LogP contribution < -0.4 is 5.32 Å². The lowest BCUT2D eigenvalue weighted by atomic mass is 9.78. The predicted molar refractivity (Wildman–Crippen MR) is 96.4 cm³/mol. The number of piperidine rings is 1. The first-order chi connectivity index (χ1) is 12.5. The van der Waals surface area contributed by atoms with Crippen molar-refractivity contribution in [1.82, 2.24) is 10.2 Å². The average molecular weight is 368 g/mol. The van der Waals surface area contributed by atoms with Crippen LogP contribution in [0.5, 0.6) is 0 Å². The largest absolute Gasteiger partial charge is 0.466 e. The Morgan fingerprint density at radius 2 is 2.00 bits per heavy atom. The summed E-state index contributed by atoms with van der Waals surface area (Å²) in [6.07, 6.45) is 5.91. The highest BCUT2D eigenvalue weighted by Gasteiger charge is 2.39. The van der Waals surface area contributed by atoms with Gasteiger partial charge in [0.05, 0.1) is 31.1 Å². The molecule has 1 saturated carbocycles. The van der Waals surface area contributed by atoms with Gasteiger partial charge in [-0.05, 0) is 26.2 Å². The number of nitrogens with zero attached hydrogens (tertiary/aromatic N) is 1. The number of hydrogen-bond donors (Lipinski definition) is 1. The molecule has 148 valence electrons. The highest BCUT2D eigenvalue weighted by atomic mass is 16.5. The van der Waals surface area contributed by atoms with Crippen molar-refractivity contribution in [1.29, 1.82) is 0 Å². The van der Waals surface area contributed by atoms with Gasteiger partial charge in [0, 0.05) is 26.6 Å².